The van der Waals surface area contributed by atoms with Crippen molar-refractivity contribution in [3.05, 3.63) is 60.4 Å². The summed E-state index contributed by atoms with van der Waals surface area (Å²) in [7, 11) is -0.439. The molecule has 1 aliphatic rings. The van der Waals surface area contributed by atoms with Gasteiger partial charge in [-0.15, -0.1) is 0 Å². The van der Waals surface area contributed by atoms with E-state index in [0.29, 0.717) is 22.9 Å². The van der Waals surface area contributed by atoms with Gasteiger partial charge in [0.05, 0.1) is 24.2 Å². The summed E-state index contributed by atoms with van der Waals surface area (Å²) in [5.41, 5.74) is 2.64. The fourth-order valence-corrected chi connectivity index (χ4v) is 4.78. The highest BCUT2D eigenvalue weighted by Crippen LogP contribution is 2.38. The van der Waals surface area contributed by atoms with Crippen molar-refractivity contribution >= 4 is 15.7 Å². The Hall–Kier alpha value is -3.44. The van der Waals surface area contributed by atoms with Crippen molar-refractivity contribution in [1.29, 1.82) is 5.26 Å². The lowest BCUT2D eigenvalue weighted by Gasteiger charge is -2.31. The van der Waals surface area contributed by atoms with E-state index in [1.807, 2.05) is 12.3 Å². The molecular weight excluding hydrogens is 390 g/mol. The van der Waals surface area contributed by atoms with Crippen molar-refractivity contribution in [2.24, 2.45) is 7.05 Å². The van der Waals surface area contributed by atoms with Crippen molar-refractivity contribution in [2.45, 2.75) is 4.90 Å². The van der Waals surface area contributed by atoms with Crippen LogP contribution in [0.15, 0.2) is 59.6 Å². The van der Waals surface area contributed by atoms with Gasteiger partial charge in [-0.05, 0) is 48.0 Å². The van der Waals surface area contributed by atoms with Crippen LogP contribution in [0.1, 0.15) is 5.69 Å². The topological polar surface area (TPSA) is 84.6 Å². The van der Waals surface area contributed by atoms with Gasteiger partial charge < -0.3 is 14.0 Å². The first-order valence-electron chi connectivity index (χ1n) is 8.94. The van der Waals surface area contributed by atoms with Crippen molar-refractivity contribution in [2.75, 3.05) is 24.6 Å². The molecule has 1 aliphatic heterocycles. The molecule has 0 saturated carbocycles. The Morgan fingerprint density at radius 1 is 1.10 bits per heavy atom. The van der Waals surface area contributed by atoms with E-state index in [0.717, 1.165) is 11.1 Å². The summed E-state index contributed by atoms with van der Waals surface area (Å²) in [6.45, 7) is 0.481. The highest BCUT2D eigenvalue weighted by molar-refractivity contribution is 7.92. The van der Waals surface area contributed by atoms with Gasteiger partial charge in [-0.25, -0.2) is 8.42 Å². The molecule has 7 nitrogen and oxygen atoms in total. The predicted molar refractivity (Wildman–Crippen MR) is 109 cm³/mol. The molecule has 29 heavy (non-hydrogen) atoms. The number of anilines is 1. The number of nitriles is 1. The molecule has 0 bridgehead atoms. The molecule has 0 atom stereocenters. The third-order valence-electron chi connectivity index (χ3n) is 4.88. The molecule has 2 heterocycles. The summed E-state index contributed by atoms with van der Waals surface area (Å²) in [5.74, 6) is 1.10. The summed E-state index contributed by atoms with van der Waals surface area (Å²) in [5, 5.41) is 9.20. The van der Waals surface area contributed by atoms with Crippen molar-refractivity contribution < 1.29 is 17.9 Å². The summed E-state index contributed by atoms with van der Waals surface area (Å²) in [6.07, 6.45) is 1.84. The average Bonchev–Trinajstić information content (AvgIpc) is 3.13. The van der Waals surface area contributed by atoms with Gasteiger partial charge in [-0.1, -0.05) is 6.07 Å². The maximum absolute atomic E-state index is 13.3. The van der Waals surface area contributed by atoms with Gasteiger partial charge >= 0.3 is 0 Å². The van der Waals surface area contributed by atoms with Crippen molar-refractivity contribution in [3.8, 4) is 28.7 Å². The van der Waals surface area contributed by atoms with Crippen molar-refractivity contribution in [3.63, 3.8) is 0 Å². The minimum atomic E-state index is -3.77. The maximum Gasteiger partial charge on any atom is 0.264 e. The molecular formula is C21H19N3O4S. The Labute approximate surface area is 169 Å². The third kappa shape index (κ3) is 3.30. The molecule has 0 N–H and O–H groups in total. The smallest absolute Gasteiger partial charge is 0.264 e. The second kappa shape index (κ2) is 7.18. The molecule has 0 aliphatic carbocycles. The van der Waals surface area contributed by atoms with Crippen LogP contribution < -0.4 is 13.8 Å². The lowest BCUT2D eigenvalue weighted by Crippen LogP contribution is -2.37. The number of ether oxygens (including phenoxy) is 2. The van der Waals surface area contributed by atoms with E-state index in [9.17, 15) is 13.7 Å². The number of aryl methyl sites for hydroxylation is 1. The lowest BCUT2D eigenvalue weighted by molar-refractivity contribution is 0.316. The first-order valence-corrected chi connectivity index (χ1v) is 10.4. The fourth-order valence-electron chi connectivity index (χ4n) is 3.33. The van der Waals surface area contributed by atoms with Gasteiger partial charge in [-0.3, -0.25) is 4.31 Å². The SMILES string of the molecule is COc1ccc(S(=O)(=O)N2CCOc3ccc(-c4cc(C#N)n(C)c4)cc32)cc1. The number of aromatic nitrogens is 1. The Morgan fingerprint density at radius 3 is 2.52 bits per heavy atom. The standard InChI is InChI=1S/C21H19N3O4S/c1-23-14-16(11-17(23)13-22)15-3-8-21-20(12-15)24(9-10-28-21)29(25,26)19-6-4-18(27-2)5-7-19/h3-8,11-12,14H,9-10H2,1-2H3. The first-order chi connectivity index (χ1) is 13.9. The van der Waals surface area contributed by atoms with E-state index in [1.165, 1.54) is 23.5 Å². The number of rotatable bonds is 4. The number of hydrogen-bond donors (Lipinski definition) is 0. The van der Waals surface area contributed by atoms with E-state index in [1.54, 1.807) is 41.9 Å². The van der Waals surface area contributed by atoms with Crippen molar-refractivity contribution in [1.82, 2.24) is 4.57 Å². The maximum atomic E-state index is 13.3. The highest BCUT2D eigenvalue weighted by atomic mass is 32.2. The quantitative estimate of drug-likeness (QED) is 0.661. The molecule has 4 rings (SSSR count). The van der Waals surface area contributed by atoms with Crippen LogP contribution >= 0.6 is 0 Å². The lowest BCUT2D eigenvalue weighted by atomic mass is 10.1. The van der Waals surface area contributed by atoms with E-state index >= 15 is 0 Å². The molecule has 0 unspecified atom stereocenters. The second-order valence-corrected chi connectivity index (χ2v) is 8.48. The zero-order chi connectivity index (χ0) is 20.6. The first kappa shape index (κ1) is 18.9. The average molecular weight is 409 g/mol. The molecule has 0 saturated heterocycles. The normalized spacial score (nSPS) is 13.3. The van der Waals surface area contributed by atoms with Gasteiger partial charge in [0.15, 0.2) is 0 Å². The van der Waals surface area contributed by atoms with Crippen LogP contribution in [0.5, 0.6) is 11.5 Å². The van der Waals surface area contributed by atoms with E-state index < -0.39 is 10.0 Å². The minimum absolute atomic E-state index is 0.183. The second-order valence-electron chi connectivity index (χ2n) is 6.62. The Morgan fingerprint density at radius 2 is 1.86 bits per heavy atom. The Balaban J connectivity index is 1.77. The minimum Gasteiger partial charge on any atom is -0.497 e. The summed E-state index contributed by atoms with van der Waals surface area (Å²) < 4.78 is 40.5. The molecule has 1 aromatic heterocycles. The fraction of sp³-hybridized carbons (Fsp3) is 0.190. The zero-order valence-electron chi connectivity index (χ0n) is 16.0. The molecule has 8 heteroatoms. The molecule has 0 fully saturated rings. The number of fused-ring (bicyclic) bond motifs is 1. The van der Waals surface area contributed by atoms with Gasteiger partial charge in [0.2, 0.25) is 0 Å². The van der Waals surface area contributed by atoms with Crippen LogP contribution in [0.25, 0.3) is 11.1 Å². The molecule has 2 aromatic carbocycles. The summed E-state index contributed by atoms with van der Waals surface area (Å²) >= 11 is 0. The third-order valence-corrected chi connectivity index (χ3v) is 6.71. The number of nitrogens with zero attached hydrogens (tertiary/aromatic N) is 3. The van der Waals surface area contributed by atoms with E-state index in [4.69, 9.17) is 9.47 Å². The molecule has 148 valence electrons. The Kier molecular flexibility index (Phi) is 4.68. The number of methoxy groups -OCH3 is 1. The van der Waals surface area contributed by atoms with Crippen LogP contribution in [0.3, 0.4) is 0 Å². The van der Waals surface area contributed by atoms with E-state index in [2.05, 4.69) is 6.07 Å². The predicted octanol–water partition coefficient (Wildman–Crippen LogP) is 3.16. The van der Waals surface area contributed by atoms with Crippen LogP contribution in [0.4, 0.5) is 5.69 Å². The molecule has 0 spiro atoms. The zero-order valence-corrected chi connectivity index (χ0v) is 16.8. The number of sulfonamides is 1. The van der Waals surface area contributed by atoms with Crippen LogP contribution in [-0.2, 0) is 17.1 Å². The van der Waals surface area contributed by atoms with Gasteiger partial charge in [0.25, 0.3) is 10.0 Å². The highest BCUT2D eigenvalue weighted by Gasteiger charge is 2.30. The number of benzene rings is 2. The van der Waals surface area contributed by atoms with Gasteiger partial charge in [0.1, 0.15) is 29.9 Å². The van der Waals surface area contributed by atoms with Gasteiger partial charge in [0, 0.05) is 18.8 Å². The Bertz CT molecular complexity index is 1210. The summed E-state index contributed by atoms with van der Waals surface area (Å²) in [6, 6.07) is 15.6. The number of hydrogen-bond acceptors (Lipinski definition) is 5. The molecule has 0 radical (unpaired) electrons. The molecule has 0 amide bonds. The summed E-state index contributed by atoms with van der Waals surface area (Å²) in [4.78, 5) is 0.183. The van der Waals surface area contributed by atoms with E-state index in [-0.39, 0.29) is 18.0 Å². The van der Waals surface area contributed by atoms with Crippen LogP contribution in [0, 0.1) is 11.3 Å². The molecule has 3 aromatic rings. The van der Waals surface area contributed by atoms with Gasteiger partial charge in [-0.2, -0.15) is 5.26 Å². The monoisotopic (exact) mass is 409 g/mol. The largest absolute Gasteiger partial charge is 0.497 e. The van der Waals surface area contributed by atoms with Crippen LogP contribution in [0.2, 0.25) is 0 Å². The van der Waals surface area contributed by atoms with Crippen LogP contribution in [-0.4, -0.2) is 33.2 Å².